The zero-order chi connectivity index (χ0) is 25.0. The molecule has 0 radical (unpaired) electrons. The molecule has 2 amide bonds. The minimum atomic E-state index is -1.19. The Hall–Kier alpha value is -3.32. The lowest BCUT2D eigenvalue weighted by Crippen LogP contribution is -2.50. The normalized spacial score (nSPS) is 20.4. The highest BCUT2D eigenvalue weighted by Crippen LogP contribution is 2.60. The average Bonchev–Trinajstić information content (AvgIpc) is 3.25. The first kappa shape index (κ1) is 23.4. The van der Waals surface area contributed by atoms with E-state index in [0.29, 0.717) is 24.4 Å². The Morgan fingerprint density at radius 1 is 1.09 bits per heavy atom. The molecule has 2 aliphatic rings. The number of benzene rings is 3. The number of ether oxygens (including phenoxy) is 1. The lowest BCUT2D eigenvalue weighted by atomic mass is 10.0. The second kappa shape index (κ2) is 8.41. The minimum absolute atomic E-state index is 0.158. The summed E-state index contributed by atoms with van der Waals surface area (Å²) in [4.78, 5) is 30.5. The van der Waals surface area contributed by atoms with Gasteiger partial charge in [0.1, 0.15) is 11.6 Å². The predicted octanol–water partition coefficient (Wildman–Crippen LogP) is 5.51. The van der Waals surface area contributed by atoms with Crippen molar-refractivity contribution in [2.75, 3.05) is 18.6 Å². The molecule has 0 aliphatic carbocycles. The number of aryl methyl sites for hydroxylation is 1. The van der Waals surface area contributed by atoms with Gasteiger partial charge in [-0.25, -0.2) is 4.39 Å². The van der Waals surface area contributed by atoms with Crippen LogP contribution in [0.15, 0.2) is 66.7 Å². The molecule has 5 nitrogen and oxygen atoms in total. The van der Waals surface area contributed by atoms with Crippen LogP contribution in [0, 0.1) is 12.7 Å². The summed E-state index contributed by atoms with van der Waals surface area (Å²) < 4.78 is 18.5. The predicted molar refractivity (Wildman–Crippen MR) is 136 cm³/mol. The van der Waals surface area contributed by atoms with E-state index in [9.17, 15) is 14.0 Å². The molecule has 0 bridgehead atoms. The van der Waals surface area contributed by atoms with Gasteiger partial charge in [-0.05, 0) is 62.7 Å². The summed E-state index contributed by atoms with van der Waals surface area (Å²) in [5.74, 6) is -0.110. The number of carbonyl (C=O) groups is 2. The molecule has 1 fully saturated rings. The van der Waals surface area contributed by atoms with E-state index < -0.39 is 4.87 Å². The maximum atomic E-state index is 14.3. The molecular formula is C28H27FN2O3S. The monoisotopic (exact) mass is 490 g/mol. The number of fused-ring (bicyclic) bond motifs is 2. The first-order valence-electron chi connectivity index (χ1n) is 11.5. The van der Waals surface area contributed by atoms with Crippen LogP contribution in [0.4, 0.5) is 10.1 Å². The molecule has 0 N–H and O–H groups in total. The first-order chi connectivity index (χ1) is 16.6. The number of rotatable bonds is 4. The minimum Gasteiger partial charge on any atom is -0.497 e. The maximum Gasteiger partial charge on any atom is 0.268 e. The zero-order valence-corrected chi connectivity index (χ0v) is 21.0. The molecule has 7 heteroatoms. The fourth-order valence-electron chi connectivity index (χ4n) is 4.96. The summed E-state index contributed by atoms with van der Waals surface area (Å²) >= 11 is 1.52. The Morgan fingerprint density at radius 3 is 2.54 bits per heavy atom. The Kier molecular flexibility index (Phi) is 5.63. The molecule has 180 valence electrons. The third-order valence-corrected chi connectivity index (χ3v) is 8.09. The molecular weight excluding hydrogens is 463 g/mol. The van der Waals surface area contributed by atoms with E-state index in [4.69, 9.17) is 4.74 Å². The fraction of sp³-hybridized carbons (Fsp3) is 0.286. The molecule has 1 saturated heterocycles. The van der Waals surface area contributed by atoms with Crippen LogP contribution in [0.25, 0.3) is 0 Å². The van der Waals surface area contributed by atoms with E-state index >= 15 is 0 Å². The van der Waals surface area contributed by atoms with Gasteiger partial charge in [-0.3, -0.25) is 9.59 Å². The summed E-state index contributed by atoms with van der Waals surface area (Å²) in [6, 6.07) is 19.1. The molecule has 5 rings (SSSR count). The van der Waals surface area contributed by atoms with Gasteiger partial charge in [-0.15, -0.1) is 11.8 Å². The molecule has 1 atom stereocenters. The van der Waals surface area contributed by atoms with Crippen molar-refractivity contribution in [2.45, 2.75) is 36.9 Å². The van der Waals surface area contributed by atoms with Gasteiger partial charge in [-0.1, -0.05) is 35.9 Å². The number of hydrogen-bond acceptors (Lipinski definition) is 4. The van der Waals surface area contributed by atoms with Gasteiger partial charge in [-0.2, -0.15) is 0 Å². The van der Waals surface area contributed by atoms with Gasteiger partial charge in [0.2, 0.25) is 0 Å². The van der Waals surface area contributed by atoms with E-state index in [-0.39, 0.29) is 22.4 Å². The number of carbonyl (C=O) groups excluding carboxylic acids is 2. The Balaban J connectivity index is 1.64. The van der Waals surface area contributed by atoms with Crippen LogP contribution in [-0.2, 0) is 16.2 Å². The van der Waals surface area contributed by atoms with Crippen molar-refractivity contribution in [1.82, 2.24) is 4.90 Å². The molecule has 2 aliphatic heterocycles. The molecule has 0 saturated carbocycles. The fourth-order valence-corrected chi connectivity index (χ4v) is 6.68. The van der Waals surface area contributed by atoms with Gasteiger partial charge in [0.15, 0.2) is 4.87 Å². The molecule has 35 heavy (non-hydrogen) atoms. The van der Waals surface area contributed by atoms with Crippen LogP contribution in [-0.4, -0.2) is 35.1 Å². The summed E-state index contributed by atoms with van der Waals surface area (Å²) in [5.41, 5.74) is 3.89. The Bertz CT molecular complexity index is 1320. The van der Waals surface area contributed by atoms with Gasteiger partial charge < -0.3 is 14.5 Å². The molecule has 3 aromatic carbocycles. The van der Waals surface area contributed by atoms with Crippen molar-refractivity contribution in [1.29, 1.82) is 0 Å². The Morgan fingerprint density at radius 2 is 1.83 bits per heavy atom. The molecule has 2 heterocycles. The topological polar surface area (TPSA) is 49.9 Å². The van der Waals surface area contributed by atoms with Crippen LogP contribution < -0.4 is 9.64 Å². The highest BCUT2D eigenvalue weighted by Gasteiger charge is 2.63. The highest BCUT2D eigenvalue weighted by molar-refractivity contribution is 8.02. The average molecular weight is 491 g/mol. The number of hydrogen-bond donors (Lipinski definition) is 0. The van der Waals surface area contributed by atoms with Crippen molar-refractivity contribution in [2.24, 2.45) is 0 Å². The number of methoxy groups -OCH3 is 1. The molecule has 3 aromatic rings. The summed E-state index contributed by atoms with van der Waals surface area (Å²) in [5, 5.41) is 0. The smallest absolute Gasteiger partial charge is 0.268 e. The van der Waals surface area contributed by atoms with Crippen molar-refractivity contribution < 1.29 is 18.7 Å². The quantitative estimate of drug-likeness (QED) is 0.484. The van der Waals surface area contributed by atoms with Gasteiger partial charge in [0.05, 0.1) is 19.3 Å². The van der Waals surface area contributed by atoms with Crippen molar-refractivity contribution in [3.63, 3.8) is 0 Å². The third kappa shape index (κ3) is 3.88. The number of nitrogens with zero attached hydrogens (tertiary/aromatic N) is 2. The third-order valence-electron chi connectivity index (χ3n) is 6.50. The second-order valence-corrected chi connectivity index (χ2v) is 11.6. The van der Waals surface area contributed by atoms with E-state index in [2.05, 4.69) is 13.8 Å². The summed E-state index contributed by atoms with van der Waals surface area (Å²) in [7, 11) is 1.56. The van der Waals surface area contributed by atoms with Gasteiger partial charge >= 0.3 is 0 Å². The number of anilines is 1. The standard InChI is InChI=1S/C28H27FN2O3S/c1-18-8-13-24-23(14-18)28(26(33)30(24)16-19-9-11-21(29)12-10-19)31(17-27(2,3)35-28)25(32)20-6-5-7-22(15-20)34-4/h5-15H,16-17H2,1-4H3/t28-/m1/s1. The van der Waals surface area contributed by atoms with E-state index in [0.717, 1.165) is 22.4 Å². The first-order valence-corrected chi connectivity index (χ1v) is 12.3. The number of halogens is 1. The molecule has 0 unspecified atom stereocenters. The van der Waals surface area contributed by atoms with Crippen LogP contribution in [0.3, 0.4) is 0 Å². The SMILES string of the molecule is COc1cccc(C(=O)N2CC(C)(C)S[C@]23C(=O)N(Cc2ccc(F)cc2)c2ccc(C)cc23)c1. The van der Waals surface area contributed by atoms with Crippen LogP contribution >= 0.6 is 11.8 Å². The van der Waals surface area contributed by atoms with Crippen molar-refractivity contribution in [3.05, 3.63) is 94.8 Å². The summed E-state index contributed by atoms with van der Waals surface area (Å²) in [6.45, 7) is 6.81. The summed E-state index contributed by atoms with van der Waals surface area (Å²) in [6.07, 6.45) is 0. The number of amides is 2. The van der Waals surface area contributed by atoms with Gasteiger partial charge in [0, 0.05) is 22.4 Å². The van der Waals surface area contributed by atoms with Gasteiger partial charge in [0.25, 0.3) is 11.8 Å². The lowest BCUT2D eigenvalue weighted by Gasteiger charge is -2.33. The second-order valence-electron chi connectivity index (χ2n) is 9.67. The Labute approximate surface area is 208 Å². The van der Waals surface area contributed by atoms with Crippen LogP contribution in [0.5, 0.6) is 5.75 Å². The molecule has 1 spiro atoms. The largest absolute Gasteiger partial charge is 0.497 e. The van der Waals surface area contributed by atoms with Crippen molar-refractivity contribution >= 4 is 29.3 Å². The number of thioether (sulfide) groups is 1. The maximum absolute atomic E-state index is 14.3. The lowest BCUT2D eigenvalue weighted by molar-refractivity contribution is -0.123. The van der Waals surface area contributed by atoms with Crippen molar-refractivity contribution in [3.8, 4) is 5.75 Å². The van der Waals surface area contributed by atoms with E-state index in [1.54, 1.807) is 53.3 Å². The van der Waals surface area contributed by atoms with Crippen LogP contribution in [0.1, 0.15) is 40.9 Å². The highest BCUT2D eigenvalue weighted by atomic mass is 32.2. The molecule has 0 aromatic heterocycles. The zero-order valence-electron chi connectivity index (χ0n) is 20.2. The van der Waals surface area contributed by atoms with E-state index in [1.807, 2.05) is 25.1 Å². The van der Waals surface area contributed by atoms with E-state index in [1.165, 1.54) is 23.9 Å². The van der Waals surface area contributed by atoms with Crippen LogP contribution in [0.2, 0.25) is 0 Å².